The van der Waals surface area contributed by atoms with E-state index in [4.69, 9.17) is 0 Å². The highest BCUT2D eigenvalue weighted by atomic mass is 16.6. The van der Waals surface area contributed by atoms with E-state index in [9.17, 15) is 14.9 Å². The molecule has 1 aliphatic rings. The van der Waals surface area contributed by atoms with E-state index < -0.39 is 10.9 Å². The lowest BCUT2D eigenvalue weighted by Crippen LogP contribution is -2.20. The van der Waals surface area contributed by atoms with Crippen LogP contribution in [-0.2, 0) is 4.74 Å². The van der Waals surface area contributed by atoms with Gasteiger partial charge in [-0.2, -0.15) is 0 Å². The lowest BCUT2D eigenvalue weighted by Gasteiger charge is -2.18. The number of anilines is 1. The molecule has 1 N–H and O–H groups in total. The van der Waals surface area contributed by atoms with Crippen LogP contribution in [0.5, 0.6) is 0 Å². The maximum atomic E-state index is 11.6. The number of carbonyl (C=O) groups excluding carboxylic acids is 1. The zero-order valence-corrected chi connectivity index (χ0v) is 12.3. The number of rotatable bonds is 7. The summed E-state index contributed by atoms with van der Waals surface area (Å²) in [5.74, 6) is 0.230. The number of nitrogens with one attached hydrogen (secondary N) is 1. The van der Waals surface area contributed by atoms with Gasteiger partial charge in [-0.05, 0) is 30.9 Å². The maximum Gasteiger partial charge on any atom is 0.337 e. The highest BCUT2D eigenvalue weighted by Gasteiger charge is 2.26. The van der Waals surface area contributed by atoms with Crippen molar-refractivity contribution in [3.63, 3.8) is 0 Å². The summed E-state index contributed by atoms with van der Waals surface area (Å²) < 4.78 is 4.66. The second-order valence-electron chi connectivity index (χ2n) is 5.41. The molecule has 1 aliphatic carbocycles. The fraction of sp³-hybridized carbons (Fsp3) is 0.533. The van der Waals surface area contributed by atoms with Gasteiger partial charge < -0.3 is 10.1 Å². The fourth-order valence-corrected chi connectivity index (χ4v) is 2.36. The molecule has 6 nitrogen and oxygen atoms in total. The van der Waals surface area contributed by atoms with Gasteiger partial charge in [-0.25, -0.2) is 4.79 Å². The van der Waals surface area contributed by atoms with Crippen LogP contribution >= 0.6 is 0 Å². The van der Waals surface area contributed by atoms with E-state index in [0.717, 1.165) is 18.8 Å². The van der Waals surface area contributed by atoms with Gasteiger partial charge in [0.05, 0.1) is 17.6 Å². The van der Waals surface area contributed by atoms with Crippen molar-refractivity contribution in [2.24, 2.45) is 5.92 Å². The van der Waals surface area contributed by atoms with Crippen LogP contribution in [0.15, 0.2) is 18.2 Å². The van der Waals surface area contributed by atoms with Gasteiger partial charge in [0, 0.05) is 12.1 Å². The first kappa shape index (κ1) is 15.3. The van der Waals surface area contributed by atoms with E-state index in [2.05, 4.69) is 17.0 Å². The molecule has 1 atom stereocenters. The topological polar surface area (TPSA) is 81.5 Å². The Morgan fingerprint density at radius 2 is 2.24 bits per heavy atom. The number of nitro benzene ring substituents is 1. The third-order valence-electron chi connectivity index (χ3n) is 3.78. The fourth-order valence-electron chi connectivity index (χ4n) is 2.36. The third-order valence-corrected chi connectivity index (χ3v) is 3.78. The van der Waals surface area contributed by atoms with Gasteiger partial charge in [0.15, 0.2) is 0 Å². The molecule has 0 aliphatic heterocycles. The molecule has 6 heteroatoms. The number of ether oxygens (including phenoxy) is 1. The first-order valence-electron chi connectivity index (χ1n) is 7.18. The minimum absolute atomic E-state index is 0.0168. The molecule has 1 saturated carbocycles. The lowest BCUT2D eigenvalue weighted by atomic mass is 10.1. The molecule has 0 heterocycles. The van der Waals surface area contributed by atoms with Crippen LogP contribution in [0.1, 0.15) is 43.0 Å². The molecule has 0 radical (unpaired) electrons. The average molecular weight is 292 g/mol. The molecule has 0 aromatic heterocycles. The maximum absolute atomic E-state index is 11.6. The van der Waals surface area contributed by atoms with E-state index in [1.165, 1.54) is 38.2 Å². The van der Waals surface area contributed by atoms with E-state index in [1.54, 1.807) is 0 Å². The normalized spacial score (nSPS) is 15.3. The zero-order valence-electron chi connectivity index (χ0n) is 12.3. The van der Waals surface area contributed by atoms with Crippen molar-refractivity contribution in [2.45, 2.75) is 38.6 Å². The molecule has 2 rings (SSSR count). The van der Waals surface area contributed by atoms with Gasteiger partial charge >= 0.3 is 5.97 Å². The number of carbonyl (C=O) groups is 1. The largest absolute Gasteiger partial charge is 0.465 e. The van der Waals surface area contributed by atoms with Crippen LogP contribution in [0, 0.1) is 16.0 Å². The summed E-state index contributed by atoms with van der Waals surface area (Å²) in [7, 11) is 1.29. The van der Waals surface area contributed by atoms with Crippen molar-refractivity contribution in [3.05, 3.63) is 33.9 Å². The predicted molar refractivity (Wildman–Crippen MR) is 79.5 cm³/mol. The average Bonchev–Trinajstić information content (AvgIpc) is 3.29. The summed E-state index contributed by atoms with van der Waals surface area (Å²) in [5.41, 5.74) is 0.680. The summed E-state index contributed by atoms with van der Waals surface area (Å²) in [4.78, 5) is 22.3. The molecule has 114 valence electrons. The first-order chi connectivity index (χ1) is 10.0. The molecule has 0 amide bonds. The Balaban J connectivity index is 2.23. The van der Waals surface area contributed by atoms with Crippen molar-refractivity contribution in [1.29, 1.82) is 0 Å². The number of hydrogen-bond acceptors (Lipinski definition) is 5. The van der Waals surface area contributed by atoms with Crippen molar-refractivity contribution < 1.29 is 14.5 Å². The van der Waals surface area contributed by atoms with Crippen LogP contribution < -0.4 is 5.32 Å². The molecule has 0 spiro atoms. The summed E-state index contributed by atoms with van der Waals surface area (Å²) in [6, 6.07) is 4.44. The summed E-state index contributed by atoms with van der Waals surface area (Å²) in [6.45, 7) is 2.05. The monoisotopic (exact) mass is 292 g/mol. The van der Waals surface area contributed by atoms with E-state index in [-0.39, 0.29) is 11.7 Å². The Labute approximate surface area is 123 Å². The Bertz CT molecular complexity index is 540. The molecule has 1 unspecified atom stereocenters. The smallest absolute Gasteiger partial charge is 0.337 e. The van der Waals surface area contributed by atoms with Gasteiger partial charge in [-0.3, -0.25) is 10.1 Å². The molecule has 1 aromatic carbocycles. The molecule has 0 bridgehead atoms. The molecule has 21 heavy (non-hydrogen) atoms. The number of nitro groups is 1. The molecule has 1 aromatic rings. The van der Waals surface area contributed by atoms with Crippen molar-refractivity contribution in [2.75, 3.05) is 12.4 Å². The third kappa shape index (κ3) is 3.93. The van der Waals surface area contributed by atoms with Crippen molar-refractivity contribution in [3.8, 4) is 0 Å². The lowest BCUT2D eigenvalue weighted by molar-refractivity contribution is -0.384. The first-order valence-corrected chi connectivity index (χ1v) is 7.18. The number of benzene rings is 1. The Morgan fingerprint density at radius 1 is 1.52 bits per heavy atom. The number of nitrogens with zero attached hydrogens (tertiary/aromatic N) is 1. The molecule has 0 saturated heterocycles. The second kappa shape index (κ2) is 6.56. The number of hydrogen-bond donors (Lipinski definition) is 1. The van der Waals surface area contributed by atoms with Gasteiger partial charge in [0.2, 0.25) is 0 Å². The van der Waals surface area contributed by atoms with Crippen LogP contribution in [-0.4, -0.2) is 24.0 Å². The van der Waals surface area contributed by atoms with Gasteiger partial charge in [0.1, 0.15) is 5.69 Å². The SMILES string of the molecule is CCC(CC1CC1)Nc1cc(C(=O)OC)ccc1[N+](=O)[O-]. The highest BCUT2D eigenvalue weighted by molar-refractivity contribution is 5.91. The van der Waals surface area contributed by atoms with E-state index in [1.807, 2.05) is 0 Å². The molecular formula is C15H20N2O4. The van der Waals surface area contributed by atoms with E-state index >= 15 is 0 Å². The van der Waals surface area contributed by atoms with Crippen LogP contribution in [0.2, 0.25) is 0 Å². The summed E-state index contributed by atoms with van der Waals surface area (Å²) in [5, 5.41) is 14.3. The Hall–Kier alpha value is -2.11. The van der Waals surface area contributed by atoms with E-state index in [0.29, 0.717) is 11.3 Å². The quantitative estimate of drug-likeness (QED) is 0.473. The standard InChI is InChI=1S/C15H20N2O4/c1-3-12(8-10-4-5-10)16-13-9-11(15(18)21-2)6-7-14(13)17(19)20/h6-7,9-10,12,16H,3-5,8H2,1-2H3. The van der Waals surface area contributed by atoms with Crippen LogP contribution in [0.25, 0.3) is 0 Å². The summed E-state index contributed by atoms with van der Waals surface area (Å²) in [6.07, 6.45) is 4.37. The van der Waals surface area contributed by atoms with Gasteiger partial charge in [-0.15, -0.1) is 0 Å². The zero-order chi connectivity index (χ0) is 15.4. The number of esters is 1. The van der Waals surface area contributed by atoms with Gasteiger partial charge in [-0.1, -0.05) is 19.8 Å². The van der Waals surface area contributed by atoms with Crippen molar-refractivity contribution >= 4 is 17.3 Å². The van der Waals surface area contributed by atoms with Gasteiger partial charge in [0.25, 0.3) is 5.69 Å². The van der Waals surface area contributed by atoms with Crippen LogP contribution in [0.3, 0.4) is 0 Å². The minimum Gasteiger partial charge on any atom is -0.465 e. The minimum atomic E-state index is -0.497. The molecule has 1 fully saturated rings. The number of methoxy groups -OCH3 is 1. The predicted octanol–water partition coefficient (Wildman–Crippen LogP) is 3.37. The van der Waals surface area contributed by atoms with Crippen LogP contribution in [0.4, 0.5) is 11.4 Å². The Morgan fingerprint density at radius 3 is 2.76 bits per heavy atom. The second-order valence-corrected chi connectivity index (χ2v) is 5.41. The van der Waals surface area contributed by atoms with Crippen molar-refractivity contribution in [1.82, 2.24) is 0 Å². The highest BCUT2D eigenvalue weighted by Crippen LogP contribution is 2.36. The summed E-state index contributed by atoms with van der Waals surface area (Å²) >= 11 is 0. The molecular weight excluding hydrogens is 272 g/mol. The Kier molecular flexibility index (Phi) is 4.77.